The average Bonchev–Trinajstić information content (AvgIpc) is 2.45. The van der Waals surface area contributed by atoms with Crippen LogP contribution in [0.15, 0.2) is 0 Å². The van der Waals surface area contributed by atoms with Crippen LogP contribution in [-0.2, 0) is 4.79 Å². The van der Waals surface area contributed by atoms with Crippen LogP contribution in [0.1, 0.15) is 12.8 Å². The lowest BCUT2D eigenvalue weighted by atomic mass is 10.2. The Morgan fingerprint density at radius 3 is 2.67 bits per heavy atom. The van der Waals surface area contributed by atoms with Crippen molar-refractivity contribution in [2.24, 2.45) is 11.8 Å². The van der Waals surface area contributed by atoms with E-state index in [4.69, 9.17) is 5.11 Å². The van der Waals surface area contributed by atoms with Crippen molar-refractivity contribution in [2.45, 2.75) is 12.8 Å². The minimum atomic E-state index is -0.809. The molecule has 2 unspecified atom stereocenters. The van der Waals surface area contributed by atoms with Crippen LogP contribution in [0.4, 0.5) is 4.39 Å². The zero-order valence-electron chi connectivity index (χ0n) is 5.01. The number of rotatable bonds is 3. The van der Waals surface area contributed by atoms with Gasteiger partial charge in [-0.05, 0) is 18.3 Å². The largest absolute Gasteiger partial charge is 0.481 e. The second kappa shape index (κ2) is 2.33. The van der Waals surface area contributed by atoms with Gasteiger partial charge >= 0.3 is 5.97 Å². The highest BCUT2D eigenvalue weighted by atomic mass is 19.1. The molecule has 3 heteroatoms. The zero-order chi connectivity index (χ0) is 6.85. The zero-order valence-corrected chi connectivity index (χ0v) is 5.01. The first-order valence-electron chi connectivity index (χ1n) is 3.01. The lowest BCUT2D eigenvalue weighted by molar-refractivity contribution is -0.137. The third-order valence-corrected chi connectivity index (χ3v) is 1.70. The molecule has 0 aromatic rings. The van der Waals surface area contributed by atoms with Crippen molar-refractivity contribution in [3.63, 3.8) is 0 Å². The molecule has 0 aromatic carbocycles. The normalized spacial score (nSPS) is 32.1. The molecule has 1 aliphatic rings. The lowest BCUT2D eigenvalue weighted by Crippen LogP contribution is -1.97. The molecule has 0 spiro atoms. The summed E-state index contributed by atoms with van der Waals surface area (Å²) in [7, 11) is 0. The number of alkyl halides is 1. The molecule has 0 amide bonds. The van der Waals surface area contributed by atoms with E-state index >= 15 is 0 Å². The van der Waals surface area contributed by atoms with Gasteiger partial charge in [0.05, 0.1) is 6.67 Å². The first kappa shape index (κ1) is 6.52. The van der Waals surface area contributed by atoms with Crippen LogP contribution >= 0.6 is 0 Å². The van der Waals surface area contributed by atoms with E-state index < -0.39 is 5.97 Å². The Morgan fingerprint density at radius 2 is 2.33 bits per heavy atom. The molecule has 1 fully saturated rings. The van der Waals surface area contributed by atoms with Crippen molar-refractivity contribution in [3.8, 4) is 0 Å². The summed E-state index contributed by atoms with van der Waals surface area (Å²) in [5, 5.41) is 8.21. The fraction of sp³-hybridized carbons (Fsp3) is 0.833. The highest BCUT2D eigenvalue weighted by molar-refractivity contribution is 5.67. The van der Waals surface area contributed by atoms with E-state index in [0.29, 0.717) is 0 Å². The van der Waals surface area contributed by atoms with Gasteiger partial charge in [-0.15, -0.1) is 0 Å². The van der Waals surface area contributed by atoms with Gasteiger partial charge in [0.15, 0.2) is 0 Å². The number of aliphatic carboxylic acids is 1. The molecule has 2 nitrogen and oxygen atoms in total. The third kappa shape index (κ3) is 1.66. The van der Waals surface area contributed by atoms with Crippen LogP contribution in [0.5, 0.6) is 0 Å². The molecule has 0 bridgehead atoms. The van der Waals surface area contributed by atoms with Crippen LogP contribution < -0.4 is 0 Å². The first-order chi connectivity index (χ1) is 4.24. The van der Waals surface area contributed by atoms with Crippen molar-refractivity contribution in [3.05, 3.63) is 0 Å². The maximum absolute atomic E-state index is 11.7. The summed E-state index contributed by atoms with van der Waals surface area (Å²) in [4.78, 5) is 9.99. The predicted molar refractivity (Wildman–Crippen MR) is 29.8 cm³/mol. The third-order valence-electron chi connectivity index (χ3n) is 1.70. The highest BCUT2D eigenvalue weighted by Crippen LogP contribution is 2.41. The molecule has 0 saturated heterocycles. The molecular formula is C6H9FO2. The summed E-state index contributed by atoms with van der Waals surface area (Å²) >= 11 is 0. The molecule has 1 aliphatic carbocycles. The number of hydrogen-bond donors (Lipinski definition) is 1. The van der Waals surface area contributed by atoms with Crippen molar-refractivity contribution in [2.75, 3.05) is 6.67 Å². The molecule has 0 aromatic heterocycles. The Morgan fingerprint density at radius 1 is 1.67 bits per heavy atom. The van der Waals surface area contributed by atoms with E-state index in [0.717, 1.165) is 6.42 Å². The summed E-state index contributed by atoms with van der Waals surface area (Å²) in [6.07, 6.45) is 0.914. The van der Waals surface area contributed by atoms with E-state index in [1.165, 1.54) is 0 Å². The number of halogens is 1. The van der Waals surface area contributed by atoms with Gasteiger partial charge in [0, 0.05) is 6.42 Å². The first-order valence-corrected chi connectivity index (χ1v) is 3.01. The molecule has 1 rings (SSSR count). The molecule has 0 aliphatic heterocycles. The second-order valence-electron chi connectivity index (χ2n) is 2.51. The Balaban J connectivity index is 2.12. The summed E-state index contributed by atoms with van der Waals surface area (Å²) in [6.45, 7) is -0.349. The van der Waals surface area contributed by atoms with Gasteiger partial charge in [-0.2, -0.15) is 0 Å². The molecule has 1 N–H and O–H groups in total. The second-order valence-corrected chi connectivity index (χ2v) is 2.51. The number of carboxylic acids is 1. The molecule has 0 radical (unpaired) electrons. The summed E-state index contributed by atoms with van der Waals surface area (Å²) in [5.74, 6) is -0.621. The number of hydrogen-bond acceptors (Lipinski definition) is 1. The summed E-state index contributed by atoms with van der Waals surface area (Å²) in [6, 6.07) is 0. The summed E-state index contributed by atoms with van der Waals surface area (Å²) in [5.41, 5.74) is 0. The number of carboxylic acid groups (broad SMARTS) is 1. The molecule has 2 atom stereocenters. The SMILES string of the molecule is O=C(O)CC1CC1CF. The van der Waals surface area contributed by atoms with Crippen LogP contribution in [-0.4, -0.2) is 17.8 Å². The van der Waals surface area contributed by atoms with Crippen LogP contribution in [0.25, 0.3) is 0 Å². The lowest BCUT2D eigenvalue weighted by Gasteiger charge is -1.87. The molecule has 9 heavy (non-hydrogen) atoms. The predicted octanol–water partition coefficient (Wildman–Crippen LogP) is 1.07. The van der Waals surface area contributed by atoms with E-state index in [-0.39, 0.29) is 24.9 Å². The van der Waals surface area contributed by atoms with Gasteiger partial charge in [-0.1, -0.05) is 0 Å². The molecule has 0 heterocycles. The maximum atomic E-state index is 11.7. The fourth-order valence-corrected chi connectivity index (χ4v) is 0.974. The van der Waals surface area contributed by atoms with Gasteiger partial charge in [0.2, 0.25) is 0 Å². The van der Waals surface area contributed by atoms with Crippen LogP contribution in [0, 0.1) is 11.8 Å². The quantitative estimate of drug-likeness (QED) is 0.623. The Kier molecular flexibility index (Phi) is 1.69. The molecule has 1 saturated carbocycles. The van der Waals surface area contributed by atoms with E-state index in [9.17, 15) is 9.18 Å². The van der Waals surface area contributed by atoms with Crippen molar-refractivity contribution in [1.29, 1.82) is 0 Å². The van der Waals surface area contributed by atoms with E-state index in [1.54, 1.807) is 0 Å². The van der Waals surface area contributed by atoms with Gasteiger partial charge in [-0.25, -0.2) is 0 Å². The monoisotopic (exact) mass is 132 g/mol. The Hall–Kier alpha value is -0.600. The van der Waals surface area contributed by atoms with Crippen molar-refractivity contribution < 1.29 is 14.3 Å². The van der Waals surface area contributed by atoms with E-state index in [2.05, 4.69) is 0 Å². The minimum Gasteiger partial charge on any atom is -0.481 e. The van der Waals surface area contributed by atoms with Crippen molar-refractivity contribution in [1.82, 2.24) is 0 Å². The van der Waals surface area contributed by atoms with Crippen LogP contribution in [0.3, 0.4) is 0 Å². The topological polar surface area (TPSA) is 37.3 Å². The van der Waals surface area contributed by atoms with Crippen molar-refractivity contribution >= 4 is 5.97 Å². The Labute approximate surface area is 52.7 Å². The van der Waals surface area contributed by atoms with Gasteiger partial charge in [0.1, 0.15) is 0 Å². The fourth-order valence-electron chi connectivity index (χ4n) is 0.974. The minimum absolute atomic E-state index is 0.0566. The van der Waals surface area contributed by atoms with Gasteiger partial charge in [-0.3, -0.25) is 9.18 Å². The van der Waals surface area contributed by atoms with Crippen LogP contribution in [0.2, 0.25) is 0 Å². The molecule has 52 valence electrons. The standard InChI is InChI=1S/C6H9FO2/c7-3-5-1-4(5)2-6(8)9/h4-5H,1-3H2,(H,8,9). The smallest absolute Gasteiger partial charge is 0.303 e. The van der Waals surface area contributed by atoms with Gasteiger partial charge in [0.25, 0.3) is 0 Å². The highest BCUT2D eigenvalue weighted by Gasteiger charge is 2.38. The average molecular weight is 132 g/mol. The summed E-state index contributed by atoms with van der Waals surface area (Å²) < 4.78 is 11.7. The molecular weight excluding hydrogens is 123 g/mol. The van der Waals surface area contributed by atoms with Gasteiger partial charge < -0.3 is 5.11 Å². The number of carbonyl (C=O) groups is 1. The maximum Gasteiger partial charge on any atom is 0.303 e. The Bertz CT molecular complexity index is 124. The van der Waals surface area contributed by atoms with E-state index in [1.807, 2.05) is 0 Å².